The van der Waals surface area contributed by atoms with Crippen LogP contribution >= 0.6 is 0 Å². The number of amides is 2. The van der Waals surface area contributed by atoms with Crippen molar-refractivity contribution in [1.29, 1.82) is 0 Å². The van der Waals surface area contributed by atoms with Crippen LogP contribution in [0.5, 0.6) is 0 Å². The average Bonchev–Trinajstić information content (AvgIpc) is 2.15. The maximum Gasteiger partial charge on any atom is 0.242 e. The minimum atomic E-state index is -0.427. The van der Waals surface area contributed by atoms with E-state index in [4.69, 9.17) is 5.73 Å². The van der Waals surface area contributed by atoms with Crippen LogP contribution in [0.15, 0.2) is 0 Å². The number of hydrogen-bond acceptors (Lipinski definition) is 3. The number of likely N-dealkylation sites (N-methyl/N-ethyl adjacent to an activating group) is 1. The van der Waals surface area contributed by atoms with E-state index >= 15 is 0 Å². The van der Waals surface area contributed by atoms with Crippen molar-refractivity contribution in [2.75, 3.05) is 13.6 Å². The Morgan fingerprint density at radius 2 is 2.00 bits per heavy atom. The zero-order valence-corrected chi connectivity index (χ0v) is 8.80. The van der Waals surface area contributed by atoms with Gasteiger partial charge in [0.2, 0.25) is 11.8 Å². The monoisotopic (exact) mass is 201 g/mol. The lowest BCUT2D eigenvalue weighted by atomic mass is 10.1. The highest BCUT2D eigenvalue weighted by Gasteiger charge is 2.16. The fourth-order valence-electron chi connectivity index (χ4n) is 1.18. The highest BCUT2D eigenvalue weighted by atomic mass is 16.2. The lowest BCUT2D eigenvalue weighted by Gasteiger charge is -2.15. The Bertz CT molecular complexity index is 194. The second kappa shape index (κ2) is 7.32. The smallest absolute Gasteiger partial charge is 0.242 e. The number of nitrogens with one attached hydrogen (secondary N) is 2. The van der Waals surface area contributed by atoms with E-state index in [1.54, 1.807) is 7.05 Å². The topological polar surface area (TPSA) is 84.2 Å². The molecule has 0 rings (SSSR count). The van der Waals surface area contributed by atoms with Crippen LogP contribution < -0.4 is 16.4 Å². The van der Waals surface area contributed by atoms with Crippen molar-refractivity contribution < 1.29 is 9.59 Å². The third-order valence-corrected chi connectivity index (χ3v) is 1.89. The summed E-state index contributed by atoms with van der Waals surface area (Å²) in [6.45, 7) is 2.01. The highest BCUT2D eigenvalue weighted by Crippen LogP contribution is 2.00. The number of nitrogens with two attached hydrogens (primary N) is 1. The van der Waals surface area contributed by atoms with Gasteiger partial charge in [0.05, 0.1) is 0 Å². The second-order valence-corrected chi connectivity index (χ2v) is 3.15. The SMILES string of the molecule is CNC(=O)[C@H](CCCCN)NC(C)=O. The Balaban J connectivity index is 3.97. The molecule has 82 valence electrons. The van der Waals surface area contributed by atoms with Crippen LogP contribution in [0, 0.1) is 0 Å². The van der Waals surface area contributed by atoms with Crippen molar-refractivity contribution in [2.45, 2.75) is 32.2 Å². The van der Waals surface area contributed by atoms with Crippen LogP contribution in [0.1, 0.15) is 26.2 Å². The summed E-state index contributed by atoms with van der Waals surface area (Å²) in [6, 6.07) is -0.427. The van der Waals surface area contributed by atoms with Gasteiger partial charge in [-0.25, -0.2) is 0 Å². The van der Waals surface area contributed by atoms with Crippen molar-refractivity contribution >= 4 is 11.8 Å². The van der Waals surface area contributed by atoms with Gasteiger partial charge in [-0.3, -0.25) is 9.59 Å². The molecule has 2 amide bonds. The molecule has 5 nitrogen and oxygen atoms in total. The van der Waals surface area contributed by atoms with Crippen LogP contribution in [0.4, 0.5) is 0 Å². The summed E-state index contributed by atoms with van der Waals surface area (Å²) in [4.78, 5) is 22.1. The van der Waals surface area contributed by atoms with E-state index in [2.05, 4.69) is 10.6 Å². The Labute approximate surface area is 84.4 Å². The van der Waals surface area contributed by atoms with Gasteiger partial charge in [0.15, 0.2) is 0 Å². The molecule has 5 heteroatoms. The van der Waals surface area contributed by atoms with Gasteiger partial charge in [0.25, 0.3) is 0 Å². The average molecular weight is 201 g/mol. The first-order valence-electron chi connectivity index (χ1n) is 4.80. The summed E-state index contributed by atoms with van der Waals surface area (Å²) in [5.41, 5.74) is 5.34. The standard InChI is InChI=1S/C9H19N3O2/c1-7(13)12-8(9(14)11-2)5-3-4-6-10/h8H,3-6,10H2,1-2H3,(H,11,14)(H,12,13)/t8-/m0/s1. The van der Waals surface area contributed by atoms with Gasteiger partial charge < -0.3 is 16.4 Å². The third kappa shape index (κ3) is 5.53. The highest BCUT2D eigenvalue weighted by molar-refractivity contribution is 5.86. The fourth-order valence-corrected chi connectivity index (χ4v) is 1.18. The fraction of sp³-hybridized carbons (Fsp3) is 0.778. The van der Waals surface area contributed by atoms with Gasteiger partial charge in [-0.2, -0.15) is 0 Å². The maximum absolute atomic E-state index is 11.3. The first-order chi connectivity index (χ1) is 6.61. The predicted octanol–water partition coefficient (Wildman–Crippen LogP) is -0.634. The molecule has 0 saturated heterocycles. The maximum atomic E-state index is 11.3. The molecule has 0 saturated carbocycles. The Kier molecular flexibility index (Phi) is 6.74. The van der Waals surface area contributed by atoms with Crippen LogP contribution in [0.3, 0.4) is 0 Å². The van der Waals surface area contributed by atoms with Gasteiger partial charge in [-0.1, -0.05) is 0 Å². The van der Waals surface area contributed by atoms with Crippen molar-refractivity contribution in [2.24, 2.45) is 5.73 Å². The van der Waals surface area contributed by atoms with Crippen molar-refractivity contribution in [3.8, 4) is 0 Å². The molecule has 4 N–H and O–H groups in total. The van der Waals surface area contributed by atoms with Gasteiger partial charge in [-0.05, 0) is 25.8 Å². The minimum absolute atomic E-state index is 0.155. The zero-order chi connectivity index (χ0) is 11.0. The van der Waals surface area contributed by atoms with Gasteiger partial charge in [-0.15, -0.1) is 0 Å². The van der Waals surface area contributed by atoms with E-state index in [-0.39, 0.29) is 11.8 Å². The van der Waals surface area contributed by atoms with E-state index in [1.165, 1.54) is 6.92 Å². The van der Waals surface area contributed by atoms with Crippen LogP contribution in [0.25, 0.3) is 0 Å². The molecule has 0 aliphatic carbocycles. The summed E-state index contributed by atoms with van der Waals surface area (Å²) in [5, 5.41) is 5.11. The van der Waals surface area contributed by atoms with Gasteiger partial charge in [0, 0.05) is 14.0 Å². The Morgan fingerprint density at radius 3 is 2.43 bits per heavy atom. The van der Waals surface area contributed by atoms with E-state index in [9.17, 15) is 9.59 Å². The molecular weight excluding hydrogens is 182 g/mol. The Morgan fingerprint density at radius 1 is 1.36 bits per heavy atom. The second-order valence-electron chi connectivity index (χ2n) is 3.15. The number of rotatable bonds is 6. The minimum Gasteiger partial charge on any atom is -0.357 e. The van der Waals surface area contributed by atoms with Gasteiger partial charge in [0.1, 0.15) is 6.04 Å². The summed E-state index contributed by atoms with van der Waals surface area (Å²) < 4.78 is 0. The molecule has 0 heterocycles. The lowest BCUT2D eigenvalue weighted by Crippen LogP contribution is -2.44. The summed E-state index contributed by atoms with van der Waals surface area (Å²) >= 11 is 0. The number of carbonyl (C=O) groups is 2. The Hall–Kier alpha value is -1.10. The van der Waals surface area contributed by atoms with E-state index in [0.717, 1.165) is 12.8 Å². The molecule has 0 aliphatic rings. The number of carbonyl (C=O) groups excluding carboxylic acids is 2. The van der Waals surface area contributed by atoms with Crippen molar-refractivity contribution in [3.63, 3.8) is 0 Å². The zero-order valence-electron chi connectivity index (χ0n) is 8.80. The molecule has 0 bridgehead atoms. The molecule has 0 aromatic carbocycles. The van der Waals surface area contributed by atoms with Gasteiger partial charge >= 0.3 is 0 Å². The van der Waals surface area contributed by atoms with Crippen molar-refractivity contribution in [3.05, 3.63) is 0 Å². The largest absolute Gasteiger partial charge is 0.357 e. The van der Waals surface area contributed by atoms with Crippen LogP contribution in [-0.4, -0.2) is 31.4 Å². The number of unbranched alkanes of at least 4 members (excludes halogenated alkanes) is 1. The first-order valence-corrected chi connectivity index (χ1v) is 4.80. The molecule has 1 atom stereocenters. The molecule has 0 aromatic rings. The van der Waals surface area contributed by atoms with E-state index in [0.29, 0.717) is 13.0 Å². The summed E-state index contributed by atoms with van der Waals surface area (Å²) in [5.74, 6) is -0.344. The van der Waals surface area contributed by atoms with Crippen LogP contribution in [-0.2, 0) is 9.59 Å². The molecule has 14 heavy (non-hydrogen) atoms. The molecule has 0 aliphatic heterocycles. The van der Waals surface area contributed by atoms with Crippen molar-refractivity contribution in [1.82, 2.24) is 10.6 Å². The first kappa shape index (κ1) is 12.9. The molecule has 0 radical (unpaired) electrons. The summed E-state index contributed by atoms with van der Waals surface area (Å²) in [6.07, 6.45) is 2.35. The molecule has 0 aromatic heterocycles. The molecular formula is C9H19N3O2. The normalized spacial score (nSPS) is 11.9. The quantitative estimate of drug-likeness (QED) is 0.500. The molecule has 0 spiro atoms. The molecule has 0 fully saturated rings. The molecule has 0 unspecified atom stereocenters. The summed E-state index contributed by atoms with van der Waals surface area (Å²) in [7, 11) is 1.56. The van der Waals surface area contributed by atoms with E-state index in [1.807, 2.05) is 0 Å². The van der Waals surface area contributed by atoms with Crippen LogP contribution in [0.2, 0.25) is 0 Å². The third-order valence-electron chi connectivity index (χ3n) is 1.89. The predicted molar refractivity (Wildman–Crippen MR) is 54.6 cm³/mol. The van der Waals surface area contributed by atoms with E-state index < -0.39 is 6.04 Å². The number of hydrogen-bond donors (Lipinski definition) is 3. The lowest BCUT2D eigenvalue weighted by molar-refractivity contribution is -0.127.